The molecule has 1 aromatic carbocycles. The molecule has 3 rings (SSSR count). The number of benzene rings is 1. The molecule has 1 aliphatic rings. The fraction of sp³-hybridized carbons (Fsp3) is 0.542. The number of nitrogens with one attached hydrogen (secondary N) is 1. The van der Waals surface area contributed by atoms with Gasteiger partial charge in [-0.25, -0.2) is 4.98 Å². The quantitative estimate of drug-likeness (QED) is 0.815. The third-order valence-electron chi connectivity index (χ3n) is 5.96. The van der Waals surface area contributed by atoms with Crippen LogP contribution in [0.1, 0.15) is 69.4 Å². The lowest BCUT2D eigenvalue weighted by atomic mass is 9.86. The van der Waals surface area contributed by atoms with Gasteiger partial charge in [-0.05, 0) is 41.9 Å². The number of hydrogen-bond acceptors (Lipinski definition) is 3. The fourth-order valence-electron chi connectivity index (χ4n) is 3.93. The maximum atomic E-state index is 13.2. The van der Waals surface area contributed by atoms with E-state index in [1.165, 1.54) is 5.56 Å². The molecule has 1 aromatic heterocycles. The summed E-state index contributed by atoms with van der Waals surface area (Å²) < 4.78 is 2.12. The van der Waals surface area contributed by atoms with Crippen LogP contribution in [0.5, 0.6) is 0 Å². The largest absolute Gasteiger partial charge is 0.341 e. The standard InChI is InChI=1S/C24H34N4O2/c1-17(2)21(26-22(29)18-6-8-19(9-7-18)24(3,4)5)23(30)27-13-10-20(11-14-27)28-15-12-25-16-28/h6-9,12,15-17,20-21H,10-11,13-14H2,1-5H3,(H,26,29). The second kappa shape index (κ2) is 9.02. The van der Waals surface area contributed by atoms with E-state index in [1.54, 1.807) is 6.20 Å². The van der Waals surface area contributed by atoms with Gasteiger partial charge in [-0.15, -0.1) is 0 Å². The Labute approximate surface area is 179 Å². The Hall–Kier alpha value is -2.63. The molecule has 0 spiro atoms. The van der Waals surface area contributed by atoms with Crippen LogP contribution >= 0.6 is 0 Å². The molecule has 1 fully saturated rings. The highest BCUT2D eigenvalue weighted by Crippen LogP contribution is 2.24. The van der Waals surface area contributed by atoms with E-state index in [1.807, 2.05) is 55.5 Å². The normalized spacial score (nSPS) is 16.5. The number of hydrogen-bond donors (Lipinski definition) is 1. The molecule has 1 unspecified atom stereocenters. The van der Waals surface area contributed by atoms with Gasteiger partial charge in [0.1, 0.15) is 6.04 Å². The highest BCUT2D eigenvalue weighted by atomic mass is 16.2. The zero-order valence-corrected chi connectivity index (χ0v) is 18.8. The molecule has 1 saturated heterocycles. The molecule has 2 heterocycles. The van der Waals surface area contributed by atoms with Crippen molar-refractivity contribution < 1.29 is 9.59 Å². The predicted octanol–water partition coefficient (Wildman–Crippen LogP) is 3.80. The van der Waals surface area contributed by atoms with E-state index in [9.17, 15) is 9.59 Å². The Balaban J connectivity index is 1.62. The lowest BCUT2D eigenvalue weighted by Gasteiger charge is -2.35. The van der Waals surface area contributed by atoms with E-state index in [2.05, 4.69) is 35.6 Å². The summed E-state index contributed by atoms with van der Waals surface area (Å²) >= 11 is 0. The van der Waals surface area contributed by atoms with Crippen LogP contribution in [0.25, 0.3) is 0 Å². The summed E-state index contributed by atoms with van der Waals surface area (Å²) in [7, 11) is 0. The number of piperidine rings is 1. The topological polar surface area (TPSA) is 67.2 Å². The van der Waals surface area contributed by atoms with Crippen molar-refractivity contribution in [3.8, 4) is 0 Å². The van der Waals surface area contributed by atoms with Crippen molar-refractivity contribution in [1.29, 1.82) is 0 Å². The molecular weight excluding hydrogens is 376 g/mol. The molecule has 0 bridgehead atoms. The summed E-state index contributed by atoms with van der Waals surface area (Å²) in [6.45, 7) is 11.8. The first-order valence-electron chi connectivity index (χ1n) is 10.8. The number of amides is 2. The van der Waals surface area contributed by atoms with Crippen molar-refractivity contribution in [3.05, 3.63) is 54.1 Å². The second-order valence-electron chi connectivity index (χ2n) is 9.59. The Kier molecular flexibility index (Phi) is 6.64. The van der Waals surface area contributed by atoms with Gasteiger partial charge in [0.05, 0.1) is 6.33 Å². The molecule has 1 aliphatic heterocycles. The Morgan fingerprint density at radius 3 is 2.23 bits per heavy atom. The molecule has 0 radical (unpaired) electrons. The van der Waals surface area contributed by atoms with Crippen molar-refractivity contribution in [2.45, 2.75) is 65.0 Å². The second-order valence-corrected chi connectivity index (χ2v) is 9.59. The number of imidazole rings is 1. The fourth-order valence-corrected chi connectivity index (χ4v) is 3.93. The minimum absolute atomic E-state index is 0.00810. The molecule has 6 heteroatoms. The molecule has 0 saturated carbocycles. The van der Waals surface area contributed by atoms with Gasteiger partial charge in [-0.2, -0.15) is 0 Å². The van der Waals surface area contributed by atoms with E-state index in [-0.39, 0.29) is 23.1 Å². The van der Waals surface area contributed by atoms with Gasteiger partial charge in [0.15, 0.2) is 0 Å². The van der Waals surface area contributed by atoms with E-state index in [0.717, 1.165) is 12.8 Å². The predicted molar refractivity (Wildman–Crippen MR) is 118 cm³/mol. The minimum Gasteiger partial charge on any atom is -0.341 e. The van der Waals surface area contributed by atoms with Crippen LogP contribution in [-0.2, 0) is 10.2 Å². The van der Waals surface area contributed by atoms with Crippen LogP contribution in [0.15, 0.2) is 43.0 Å². The van der Waals surface area contributed by atoms with Crippen LogP contribution in [0, 0.1) is 5.92 Å². The lowest BCUT2D eigenvalue weighted by molar-refractivity contribution is -0.135. The maximum absolute atomic E-state index is 13.2. The van der Waals surface area contributed by atoms with Crippen LogP contribution in [0.2, 0.25) is 0 Å². The van der Waals surface area contributed by atoms with Gasteiger partial charge < -0.3 is 14.8 Å². The van der Waals surface area contributed by atoms with E-state index < -0.39 is 6.04 Å². The van der Waals surface area contributed by atoms with Crippen LogP contribution in [0.4, 0.5) is 0 Å². The lowest BCUT2D eigenvalue weighted by Crippen LogP contribution is -2.53. The number of rotatable bonds is 5. The molecule has 6 nitrogen and oxygen atoms in total. The number of aromatic nitrogens is 2. The summed E-state index contributed by atoms with van der Waals surface area (Å²) in [5, 5.41) is 2.98. The van der Waals surface area contributed by atoms with Gasteiger partial charge in [0.25, 0.3) is 5.91 Å². The van der Waals surface area contributed by atoms with Gasteiger partial charge in [-0.3, -0.25) is 9.59 Å². The first kappa shape index (κ1) is 22.1. The summed E-state index contributed by atoms with van der Waals surface area (Å²) in [6.07, 6.45) is 7.40. The minimum atomic E-state index is -0.524. The smallest absolute Gasteiger partial charge is 0.251 e. The average Bonchev–Trinajstić information content (AvgIpc) is 3.25. The van der Waals surface area contributed by atoms with Crippen molar-refractivity contribution >= 4 is 11.8 Å². The molecule has 2 amide bonds. The Morgan fingerprint density at radius 1 is 1.10 bits per heavy atom. The summed E-state index contributed by atoms with van der Waals surface area (Å²) in [6, 6.07) is 7.52. The van der Waals surface area contributed by atoms with Crippen LogP contribution < -0.4 is 5.32 Å². The SMILES string of the molecule is CC(C)C(NC(=O)c1ccc(C(C)(C)C)cc1)C(=O)N1CCC(n2ccnc2)CC1. The third kappa shape index (κ3) is 5.10. The first-order valence-corrected chi connectivity index (χ1v) is 10.8. The Morgan fingerprint density at radius 2 is 1.73 bits per heavy atom. The van der Waals surface area contributed by atoms with Crippen molar-refractivity contribution in [3.63, 3.8) is 0 Å². The molecule has 1 N–H and O–H groups in total. The monoisotopic (exact) mass is 410 g/mol. The first-order chi connectivity index (χ1) is 14.2. The van der Waals surface area contributed by atoms with Crippen molar-refractivity contribution in [1.82, 2.24) is 19.8 Å². The van der Waals surface area contributed by atoms with E-state index in [0.29, 0.717) is 24.7 Å². The van der Waals surface area contributed by atoms with Gasteiger partial charge in [-0.1, -0.05) is 46.8 Å². The van der Waals surface area contributed by atoms with Gasteiger partial charge in [0.2, 0.25) is 5.91 Å². The summed E-state index contributed by atoms with van der Waals surface area (Å²) in [5.74, 6) is -0.175. The van der Waals surface area contributed by atoms with Crippen molar-refractivity contribution in [2.75, 3.05) is 13.1 Å². The van der Waals surface area contributed by atoms with Crippen LogP contribution in [0.3, 0.4) is 0 Å². The van der Waals surface area contributed by atoms with E-state index >= 15 is 0 Å². The molecule has 30 heavy (non-hydrogen) atoms. The maximum Gasteiger partial charge on any atom is 0.251 e. The van der Waals surface area contributed by atoms with Crippen molar-refractivity contribution in [2.24, 2.45) is 5.92 Å². The molecule has 2 aromatic rings. The highest BCUT2D eigenvalue weighted by Gasteiger charge is 2.31. The average molecular weight is 411 g/mol. The van der Waals surface area contributed by atoms with Crippen LogP contribution in [-0.4, -0.2) is 45.4 Å². The van der Waals surface area contributed by atoms with E-state index in [4.69, 9.17) is 0 Å². The molecule has 1 atom stereocenters. The Bertz CT molecular complexity index is 842. The zero-order valence-electron chi connectivity index (χ0n) is 18.8. The number of carbonyl (C=O) groups excluding carboxylic acids is 2. The summed E-state index contributed by atoms with van der Waals surface area (Å²) in [4.78, 5) is 32.0. The number of likely N-dealkylation sites (tertiary alicyclic amines) is 1. The van der Waals surface area contributed by atoms with Gasteiger partial charge >= 0.3 is 0 Å². The highest BCUT2D eigenvalue weighted by molar-refractivity contribution is 5.97. The molecular formula is C24H34N4O2. The number of carbonyl (C=O) groups is 2. The molecule has 162 valence electrons. The van der Waals surface area contributed by atoms with Gasteiger partial charge in [0, 0.05) is 37.1 Å². The number of nitrogens with zero attached hydrogens (tertiary/aromatic N) is 3. The summed E-state index contributed by atoms with van der Waals surface area (Å²) in [5.41, 5.74) is 1.80. The molecule has 0 aliphatic carbocycles. The third-order valence-corrected chi connectivity index (χ3v) is 5.96. The zero-order chi connectivity index (χ0) is 21.9.